The van der Waals surface area contributed by atoms with E-state index in [1.165, 1.54) is 12.1 Å². The SMILES string of the molecule is O=C1CCCC/C=C\[C@@H]2C[C@@H]2C(=O)NS(=O)(=O)c2ccccc2N1. The van der Waals surface area contributed by atoms with Crippen LogP contribution in [0.5, 0.6) is 0 Å². The summed E-state index contributed by atoms with van der Waals surface area (Å²) in [5, 5.41) is 2.63. The van der Waals surface area contributed by atoms with Crippen LogP contribution in [0.2, 0.25) is 0 Å². The van der Waals surface area contributed by atoms with Crippen molar-refractivity contribution in [2.45, 2.75) is 37.0 Å². The van der Waals surface area contributed by atoms with Crippen LogP contribution in [0.1, 0.15) is 32.1 Å². The summed E-state index contributed by atoms with van der Waals surface area (Å²) < 4.78 is 27.2. The molecule has 1 aromatic carbocycles. The van der Waals surface area contributed by atoms with Crippen molar-refractivity contribution in [1.82, 2.24) is 4.72 Å². The van der Waals surface area contributed by atoms with E-state index >= 15 is 0 Å². The number of hydrogen-bond donors (Lipinski definition) is 2. The second-order valence-electron chi connectivity index (χ2n) is 6.19. The molecular formula is C17H20N2O4S. The molecule has 1 aromatic rings. The van der Waals surface area contributed by atoms with Crippen molar-refractivity contribution < 1.29 is 18.0 Å². The fourth-order valence-electron chi connectivity index (χ4n) is 2.83. The van der Waals surface area contributed by atoms with E-state index in [0.717, 1.165) is 19.3 Å². The minimum absolute atomic E-state index is 0.0886. The molecule has 0 unspecified atom stereocenters. The standard InChI is InChI=1S/C17H20N2O4S/c20-16-10-4-2-1-3-7-12-11-13(12)17(21)19-24(22,23)15-9-6-5-8-14(15)18-16/h3,5-9,12-13H,1-2,4,10-11H2,(H,18,20)(H,19,21)/b7-3-/t12-,13+/m1/s1. The van der Waals surface area contributed by atoms with E-state index < -0.39 is 15.9 Å². The summed E-state index contributed by atoms with van der Waals surface area (Å²) in [6.07, 6.45) is 7.47. The fraction of sp³-hybridized carbons (Fsp3) is 0.412. The monoisotopic (exact) mass is 348 g/mol. The van der Waals surface area contributed by atoms with Gasteiger partial charge < -0.3 is 5.32 Å². The average molecular weight is 348 g/mol. The zero-order valence-corrected chi connectivity index (χ0v) is 14.0. The molecule has 24 heavy (non-hydrogen) atoms. The van der Waals surface area contributed by atoms with Crippen molar-refractivity contribution in [2.24, 2.45) is 11.8 Å². The van der Waals surface area contributed by atoms with Gasteiger partial charge in [-0.3, -0.25) is 9.59 Å². The summed E-state index contributed by atoms with van der Waals surface area (Å²) in [5.74, 6) is -0.894. The molecule has 1 saturated carbocycles. The number of hydrogen-bond acceptors (Lipinski definition) is 4. The molecule has 3 rings (SSSR count). The molecule has 128 valence electrons. The Bertz CT molecular complexity index is 786. The molecule has 2 N–H and O–H groups in total. The van der Waals surface area contributed by atoms with Gasteiger partial charge in [0, 0.05) is 12.3 Å². The lowest BCUT2D eigenvalue weighted by Gasteiger charge is -2.12. The summed E-state index contributed by atoms with van der Waals surface area (Å²) >= 11 is 0. The smallest absolute Gasteiger partial charge is 0.266 e. The first-order valence-corrected chi connectivity index (χ1v) is 9.58. The number of anilines is 1. The highest BCUT2D eigenvalue weighted by Crippen LogP contribution is 2.40. The third kappa shape index (κ3) is 3.84. The van der Waals surface area contributed by atoms with E-state index in [4.69, 9.17) is 0 Å². The molecule has 2 amide bonds. The number of carbonyl (C=O) groups is 2. The summed E-state index contributed by atoms with van der Waals surface area (Å²) in [5.41, 5.74) is 0.197. The molecule has 2 atom stereocenters. The highest BCUT2D eigenvalue weighted by molar-refractivity contribution is 7.90. The van der Waals surface area contributed by atoms with Gasteiger partial charge in [0.1, 0.15) is 4.90 Å². The van der Waals surface area contributed by atoms with Crippen LogP contribution in [-0.4, -0.2) is 20.2 Å². The van der Waals surface area contributed by atoms with Crippen molar-refractivity contribution >= 4 is 27.5 Å². The van der Waals surface area contributed by atoms with Crippen molar-refractivity contribution in [3.8, 4) is 0 Å². The molecule has 7 heteroatoms. The van der Waals surface area contributed by atoms with Crippen molar-refractivity contribution in [1.29, 1.82) is 0 Å². The van der Waals surface area contributed by atoms with Gasteiger partial charge in [-0.25, -0.2) is 13.1 Å². The van der Waals surface area contributed by atoms with Gasteiger partial charge in [0.25, 0.3) is 10.0 Å². The number of amides is 2. The summed E-state index contributed by atoms with van der Waals surface area (Å²) in [6.45, 7) is 0. The Morgan fingerprint density at radius 2 is 1.88 bits per heavy atom. The van der Waals surface area contributed by atoms with Crippen molar-refractivity contribution in [3.05, 3.63) is 36.4 Å². The number of para-hydroxylation sites is 1. The predicted molar refractivity (Wildman–Crippen MR) is 89.6 cm³/mol. The van der Waals surface area contributed by atoms with E-state index in [0.29, 0.717) is 12.8 Å². The highest BCUT2D eigenvalue weighted by atomic mass is 32.2. The molecule has 1 heterocycles. The first-order valence-electron chi connectivity index (χ1n) is 8.09. The van der Waals surface area contributed by atoms with Crippen molar-refractivity contribution in [2.75, 3.05) is 5.32 Å². The Labute approximate surface area is 141 Å². The molecule has 0 saturated heterocycles. The molecular weight excluding hydrogens is 328 g/mol. The number of rotatable bonds is 0. The van der Waals surface area contributed by atoms with E-state index in [1.54, 1.807) is 12.1 Å². The Hall–Kier alpha value is -2.15. The number of nitrogens with one attached hydrogen (secondary N) is 2. The van der Waals surface area contributed by atoms with Gasteiger partial charge in [-0.15, -0.1) is 0 Å². The normalized spacial score (nSPS) is 28.2. The molecule has 1 aliphatic carbocycles. The van der Waals surface area contributed by atoms with E-state index in [9.17, 15) is 18.0 Å². The maximum absolute atomic E-state index is 12.5. The molecule has 1 aliphatic heterocycles. The Balaban J connectivity index is 1.89. The molecule has 0 spiro atoms. The average Bonchev–Trinajstić information content (AvgIpc) is 3.29. The van der Waals surface area contributed by atoms with Gasteiger partial charge in [-0.05, 0) is 43.7 Å². The van der Waals surface area contributed by atoms with Crippen LogP contribution in [0.25, 0.3) is 0 Å². The summed E-state index contributed by atoms with van der Waals surface area (Å²) in [6, 6.07) is 6.11. The fourth-order valence-corrected chi connectivity index (χ4v) is 4.02. The minimum Gasteiger partial charge on any atom is -0.325 e. The van der Waals surface area contributed by atoms with Crippen LogP contribution in [0.15, 0.2) is 41.3 Å². The molecule has 2 aliphatic rings. The topological polar surface area (TPSA) is 92.3 Å². The van der Waals surface area contributed by atoms with Gasteiger partial charge in [-0.1, -0.05) is 24.3 Å². The number of carbonyl (C=O) groups excluding carboxylic acids is 2. The van der Waals surface area contributed by atoms with Gasteiger partial charge in [-0.2, -0.15) is 0 Å². The van der Waals surface area contributed by atoms with Gasteiger partial charge in [0.15, 0.2) is 0 Å². The van der Waals surface area contributed by atoms with Crippen LogP contribution in [0, 0.1) is 11.8 Å². The third-order valence-electron chi connectivity index (χ3n) is 4.27. The highest BCUT2D eigenvalue weighted by Gasteiger charge is 2.42. The zero-order valence-electron chi connectivity index (χ0n) is 13.2. The summed E-state index contributed by atoms with van der Waals surface area (Å²) in [7, 11) is -4.02. The Kier molecular flexibility index (Phi) is 4.71. The number of allylic oxidation sites excluding steroid dienone is 2. The van der Waals surface area contributed by atoms with Gasteiger partial charge in [0.05, 0.1) is 5.69 Å². The Morgan fingerprint density at radius 1 is 1.08 bits per heavy atom. The predicted octanol–water partition coefficient (Wildman–Crippen LogP) is 2.20. The number of sulfonamides is 1. The van der Waals surface area contributed by atoms with E-state index in [-0.39, 0.29) is 28.3 Å². The molecule has 0 aromatic heterocycles. The van der Waals surface area contributed by atoms with Crippen LogP contribution in [-0.2, 0) is 19.6 Å². The molecule has 1 fully saturated rings. The number of fused-ring (bicyclic) bond motifs is 2. The number of benzene rings is 1. The third-order valence-corrected chi connectivity index (χ3v) is 5.68. The second kappa shape index (κ2) is 6.76. The lowest BCUT2D eigenvalue weighted by molar-refractivity contribution is -0.120. The van der Waals surface area contributed by atoms with Crippen LogP contribution in [0.4, 0.5) is 5.69 Å². The van der Waals surface area contributed by atoms with Crippen LogP contribution < -0.4 is 10.0 Å². The minimum atomic E-state index is -4.02. The lowest BCUT2D eigenvalue weighted by Crippen LogP contribution is -2.32. The first-order chi connectivity index (χ1) is 11.5. The van der Waals surface area contributed by atoms with Crippen LogP contribution >= 0.6 is 0 Å². The van der Waals surface area contributed by atoms with E-state index in [2.05, 4.69) is 10.0 Å². The molecule has 6 nitrogen and oxygen atoms in total. The maximum Gasteiger partial charge on any atom is 0.266 e. The second-order valence-corrected chi connectivity index (χ2v) is 7.84. The lowest BCUT2D eigenvalue weighted by atomic mass is 10.1. The van der Waals surface area contributed by atoms with Crippen LogP contribution in [0.3, 0.4) is 0 Å². The van der Waals surface area contributed by atoms with E-state index in [1.807, 2.05) is 12.2 Å². The summed E-state index contributed by atoms with van der Waals surface area (Å²) in [4.78, 5) is 24.1. The van der Waals surface area contributed by atoms with Gasteiger partial charge >= 0.3 is 0 Å². The first kappa shape index (κ1) is 16.7. The van der Waals surface area contributed by atoms with Crippen molar-refractivity contribution in [3.63, 3.8) is 0 Å². The largest absolute Gasteiger partial charge is 0.325 e. The molecule has 0 radical (unpaired) electrons. The quantitative estimate of drug-likeness (QED) is 0.703. The Morgan fingerprint density at radius 3 is 2.71 bits per heavy atom. The molecule has 0 bridgehead atoms. The maximum atomic E-state index is 12.5. The van der Waals surface area contributed by atoms with Gasteiger partial charge in [0.2, 0.25) is 11.8 Å². The zero-order chi connectivity index (χ0) is 17.2.